The fourth-order valence-electron chi connectivity index (χ4n) is 4.28. The molecular weight excluding hydrogens is 392 g/mol. The summed E-state index contributed by atoms with van der Waals surface area (Å²) in [6.45, 7) is 0. The smallest absolute Gasteiger partial charge is 0.335 e. The van der Waals surface area contributed by atoms with E-state index in [-0.39, 0.29) is 23.6 Å². The molecule has 8 heteroatoms. The minimum Gasteiger partial charge on any atom is -0.457 e. The molecule has 0 spiro atoms. The van der Waals surface area contributed by atoms with E-state index >= 15 is 0 Å². The van der Waals surface area contributed by atoms with Crippen LogP contribution in [0.25, 0.3) is 16.9 Å². The fraction of sp³-hybridized carbons (Fsp3) is 0.261. The van der Waals surface area contributed by atoms with E-state index in [1.54, 1.807) is 9.13 Å². The Morgan fingerprint density at radius 2 is 1.58 bits per heavy atom. The number of fused-ring (bicyclic) bond motifs is 1. The van der Waals surface area contributed by atoms with Gasteiger partial charge in [-0.2, -0.15) is 0 Å². The number of nitrogen functional groups attached to an aromatic ring is 1. The van der Waals surface area contributed by atoms with Gasteiger partial charge in [0.05, 0.1) is 5.69 Å². The van der Waals surface area contributed by atoms with Crippen molar-refractivity contribution in [3.05, 3.63) is 71.4 Å². The standard InChI is InChI=1S/C23H24N6O2/c24-15-6-8-17(9-7-15)29-22-20(21(25)26-14-27-22)28(23(29)30)16-10-12-19(13-11-16)31-18-4-2-1-3-5-18/h1-5,10-15,17H,6-9,24H2,(H2,25,26,27). The second-order valence-corrected chi connectivity index (χ2v) is 7.90. The fourth-order valence-corrected chi connectivity index (χ4v) is 4.28. The van der Waals surface area contributed by atoms with Crippen molar-refractivity contribution in [2.75, 3.05) is 5.73 Å². The Balaban J connectivity index is 1.57. The molecule has 158 valence electrons. The lowest BCUT2D eigenvalue weighted by atomic mass is 9.92. The molecule has 1 fully saturated rings. The highest BCUT2D eigenvalue weighted by Crippen LogP contribution is 2.31. The maximum atomic E-state index is 13.5. The molecule has 0 amide bonds. The number of benzene rings is 2. The number of anilines is 1. The highest BCUT2D eigenvalue weighted by molar-refractivity contribution is 5.84. The molecule has 4 N–H and O–H groups in total. The van der Waals surface area contributed by atoms with Gasteiger partial charge in [0, 0.05) is 12.1 Å². The molecular formula is C23H24N6O2. The van der Waals surface area contributed by atoms with Gasteiger partial charge in [-0.05, 0) is 62.1 Å². The summed E-state index contributed by atoms with van der Waals surface area (Å²) in [7, 11) is 0. The van der Waals surface area contributed by atoms with Crippen LogP contribution in [0.1, 0.15) is 31.7 Å². The molecule has 2 aromatic carbocycles. The molecule has 0 radical (unpaired) electrons. The number of para-hydroxylation sites is 1. The van der Waals surface area contributed by atoms with Crippen molar-refractivity contribution >= 4 is 17.0 Å². The van der Waals surface area contributed by atoms with Gasteiger partial charge < -0.3 is 16.2 Å². The highest BCUT2D eigenvalue weighted by Gasteiger charge is 2.27. The van der Waals surface area contributed by atoms with Gasteiger partial charge in [0.25, 0.3) is 0 Å². The lowest BCUT2D eigenvalue weighted by molar-refractivity contribution is 0.322. The molecule has 0 atom stereocenters. The number of ether oxygens (including phenoxy) is 1. The number of hydrogen-bond donors (Lipinski definition) is 2. The maximum absolute atomic E-state index is 13.5. The average molecular weight is 416 g/mol. The first-order chi connectivity index (χ1) is 15.1. The summed E-state index contributed by atoms with van der Waals surface area (Å²) in [6, 6.07) is 17.1. The zero-order chi connectivity index (χ0) is 21.4. The van der Waals surface area contributed by atoms with Crippen molar-refractivity contribution in [3.8, 4) is 17.2 Å². The van der Waals surface area contributed by atoms with Crippen molar-refractivity contribution in [2.24, 2.45) is 5.73 Å². The van der Waals surface area contributed by atoms with E-state index < -0.39 is 0 Å². The van der Waals surface area contributed by atoms with Crippen LogP contribution in [-0.2, 0) is 0 Å². The van der Waals surface area contributed by atoms with Gasteiger partial charge in [0.15, 0.2) is 11.5 Å². The number of nitrogens with zero attached hydrogens (tertiary/aromatic N) is 4. The summed E-state index contributed by atoms with van der Waals surface area (Å²) in [5.41, 5.74) is 13.9. The SMILES string of the molecule is Nc1ncnc2c1n(-c1ccc(Oc3ccccc3)cc1)c(=O)n2C1CCC(N)CC1. The first kappa shape index (κ1) is 19.3. The largest absolute Gasteiger partial charge is 0.457 e. The van der Waals surface area contributed by atoms with E-state index in [0.29, 0.717) is 22.6 Å². The molecule has 1 aliphatic rings. The van der Waals surface area contributed by atoms with Crippen LogP contribution in [0.4, 0.5) is 5.82 Å². The minimum atomic E-state index is -0.167. The van der Waals surface area contributed by atoms with Gasteiger partial charge in [0.2, 0.25) is 0 Å². The molecule has 4 aromatic rings. The van der Waals surface area contributed by atoms with E-state index in [1.165, 1.54) is 6.33 Å². The van der Waals surface area contributed by atoms with Crippen molar-refractivity contribution in [2.45, 2.75) is 37.8 Å². The van der Waals surface area contributed by atoms with Gasteiger partial charge in [-0.15, -0.1) is 0 Å². The minimum absolute atomic E-state index is 0.0473. The first-order valence-corrected chi connectivity index (χ1v) is 10.4. The second-order valence-electron chi connectivity index (χ2n) is 7.90. The second kappa shape index (κ2) is 7.88. The molecule has 0 unspecified atom stereocenters. The Morgan fingerprint density at radius 3 is 2.29 bits per heavy atom. The Bertz CT molecular complexity index is 1260. The molecule has 0 aliphatic heterocycles. The molecule has 2 aromatic heterocycles. The predicted molar refractivity (Wildman–Crippen MR) is 120 cm³/mol. The van der Waals surface area contributed by atoms with Gasteiger partial charge in [-0.1, -0.05) is 18.2 Å². The molecule has 2 heterocycles. The average Bonchev–Trinajstić information content (AvgIpc) is 3.09. The Labute approximate surface area is 179 Å². The summed E-state index contributed by atoms with van der Waals surface area (Å²) in [5, 5.41) is 0. The molecule has 5 rings (SSSR count). The zero-order valence-electron chi connectivity index (χ0n) is 17.0. The van der Waals surface area contributed by atoms with Crippen LogP contribution in [-0.4, -0.2) is 25.1 Å². The highest BCUT2D eigenvalue weighted by atomic mass is 16.5. The predicted octanol–water partition coefficient (Wildman–Crippen LogP) is 3.40. The molecule has 1 aliphatic carbocycles. The summed E-state index contributed by atoms with van der Waals surface area (Å²) in [6.07, 6.45) is 4.86. The van der Waals surface area contributed by atoms with E-state index in [9.17, 15) is 4.79 Å². The number of aromatic nitrogens is 4. The van der Waals surface area contributed by atoms with Gasteiger partial charge >= 0.3 is 5.69 Å². The summed E-state index contributed by atoms with van der Waals surface area (Å²) < 4.78 is 9.21. The Morgan fingerprint density at radius 1 is 0.903 bits per heavy atom. The van der Waals surface area contributed by atoms with E-state index in [2.05, 4.69) is 9.97 Å². The third-order valence-electron chi connectivity index (χ3n) is 5.86. The molecule has 31 heavy (non-hydrogen) atoms. The van der Waals surface area contributed by atoms with Crippen LogP contribution in [0.5, 0.6) is 11.5 Å². The normalized spacial score (nSPS) is 18.9. The van der Waals surface area contributed by atoms with Crippen molar-refractivity contribution in [1.29, 1.82) is 0 Å². The van der Waals surface area contributed by atoms with E-state index in [1.807, 2.05) is 54.6 Å². The van der Waals surface area contributed by atoms with Crippen LogP contribution in [0, 0.1) is 0 Å². The van der Waals surface area contributed by atoms with Crippen molar-refractivity contribution in [3.63, 3.8) is 0 Å². The van der Waals surface area contributed by atoms with Crippen LogP contribution in [0.15, 0.2) is 65.7 Å². The number of rotatable bonds is 4. The van der Waals surface area contributed by atoms with Gasteiger partial charge in [-0.25, -0.2) is 14.8 Å². The molecule has 0 bridgehead atoms. The van der Waals surface area contributed by atoms with Crippen LogP contribution in [0.3, 0.4) is 0 Å². The van der Waals surface area contributed by atoms with Gasteiger partial charge in [0.1, 0.15) is 23.3 Å². The van der Waals surface area contributed by atoms with Gasteiger partial charge in [-0.3, -0.25) is 9.13 Å². The van der Waals surface area contributed by atoms with E-state index in [0.717, 1.165) is 31.4 Å². The lowest BCUT2D eigenvalue weighted by Crippen LogP contribution is -2.33. The molecule has 8 nitrogen and oxygen atoms in total. The third kappa shape index (κ3) is 3.55. The summed E-state index contributed by atoms with van der Waals surface area (Å²) in [5.74, 6) is 1.70. The van der Waals surface area contributed by atoms with Crippen LogP contribution in [0.2, 0.25) is 0 Å². The lowest BCUT2D eigenvalue weighted by Gasteiger charge is -2.26. The Hall–Kier alpha value is -3.65. The molecule has 0 saturated heterocycles. The summed E-state index contributed by atoms with van der Waals surface area (Å²) >= 11 is 0. The third-order valence-corrected chi connectivity index (χ3v) is 5.86. The van der Waals surface area contributed by atoms with E-state index in [4.69, 9.17) is 16.2 Å². The number of hydrogen-bond acceptors (Lipinski definition) is 6. The van der Waals surface area contributed by atoms with Crippen LogP contribution >= 0.6 is 0 Å². The van der Waals surface area contributed by atoms with Crippen LogP contribution < -0.4 is 21.9 Å². The quantitative estimate of drug-likeness (QED) is 0.527. The zero-order valence-corrected chi connectivity index (χ0v) is 17.0. The summed E-state index contributed by atoms with van der Waals surface area (Å²) in [4.78, 5) is 22.1. The van der Waals surface area contributed by atoms with Crippen molar-refractivity contribution < 1.29 is 4.74 Å². The number of imidazole rings is 1. The topological polar surface area (TPSA) is 114 Å². The monoisotopic (exact) mass is 416 g/mol. The number of nitrogens with two attached hydrogens (primary N) is 2. The first-order valence-electron chi connectivity index (χ1n) is 10.4. The molecule has 1 saturated carbocycles. The van der Waals surface area contributed by atoms with Crippen molar-refractivity contribution in [1.82, 2.24) is 19.1 Å². The Kier molecular flexibility index (Phi) is 4.91. The maximum Gasteiger partial charge on any atom is 0.335 e.